The molecule has 0 saturated heterocycles. The van der Waals surface area contributed by atoms with Crippen molar-refractivity contribution in [2.75, 3.05) is 0 Å². The van der Waals surface area contributed by atoms with Gasteiger partial charge in [0.2, 0.25) is 0 Å². The van der Waals surface area contributed by atoms with Crippen LogP contribution in [0, 0.1) is 6.92 Å². The van der Waals surface area contributed by atoms with Gasteiger partial charge in [-0.3, -0.25) is 4.79 Å². The smallest absolute Gasteiger partial charge is 0.274 e. The molecule has 0 saturated carbocycles. The molecule has 2 aromatic rings. The number of aryl methyl sites for hydroxylation is 1. The minimum Gasteiger partial charge on any atom is -0.331 e. The van der Waals surface area contributed by atoms with Gasteiger partial charge >= 0.3 is 0 Å². The fourth-order valence-electron chi connectivity index (χ4n) is 1.88. The summed E-state index contributed by atoms with van der Waals surface area (Å²) in [5, 5.41) is 0. The third kappa shape index (κ3) is 3.41. The van der Waals surface area contributed by atoms with E-state index in [9.17, 15) is 4.79 Å². The van der Waals surface area contributed by atoms with Crippen LogP contribution in [0.2, 0.25) is 0 Å². The van der Waals surface area contributed by atoms with Crippen LogP contribution in [-0.4, -0.2) is 21.2 Å². The molecule has 0 radical (unpaired) electrons. The van der Waals surface area contributed by atoms with E-state index in [2.05, 4.69) is 4.37 Å². The fraction of sp³-hybridized carbons (Fsp3) is 0.333. The van der Waals surface area contributed by atoms with Gasteiger partial charge in [-0.1, -0.05) is 30.3 Å². The minimum atomic E-state index is 0.00297. The summed E-state index contributed by atoms with van der Waals surface area (Å²) in [6.45, 7) is 6.64. The van der Waals surface area contributed by atoms with Crippen molar-refractivity contribution in [2.24, 2.45) is 0 Å². The van der Waals surface area contributed by atoms with Gasteiger partial charge in [-0.2, -0.15) is 4.37 Å². The van der Waals surface area contributed by atoms with Crippen LogP contribution in [-0.2, 0) is 6.54 Å². The summed E-state index contributed by atoms with van der Waals surface area (Å²) in [7, 11) is 0. The maximum Gasteiger partial charge on any atom is 0.274 e. The Bertz CT molecular complexity index is 548. The Balaban J connectivity index is 2.19. The van der Waals surface area contributed by atoms with Gasteiger partial charge in [0.25, 0.3) is 5.91 Å². The fourth-order valence-corrected chi connectivity index (χ4v) is 2.42. The van der Waals surface area contributed by atoms with Gasteiger partial charge < -0.3 is 4.90 Å². The zero-order valence-corrected chi connectivity index (χ0v) is 12.3. The van der Waals surface area contributed by atoms with E-state index in [-0.39, 0.29) is 11.9 Å². The molecule has 2 rings (SSSR count). The van der Waals surface area contributed by atoms with Crippen LogP contribution < -0.4 is 0 Å². The number of benzene rings is 1. The molecule has 1 aromatic heterocycles. The molecule has 3 nitrogen and oxygen atoms in total. The Hall–Kier alpha value is -1.68. The molecule has 0 spiro atoms. The highest BCUT2D eigenvalue weighted by Gasteiger charge is 2.21. The van der Waals surface area contributed by atoms with E-state index in [0.717, 1.165) is 10.4 Å². The number of hydrogen-bond acceptors (Lipinski definition) is 3. The van der Waals surface area contributed by atoms with Crippen molar-refractivity contribution in [1.29, 1.82) is 0 Å². The molecule has 0 aliphatic heterocycles. The third-order valence-electron chi connectivity index (χ3n) is 2.93. The Kier molecular flexibility index (Phi) is 4.32. The summed E-state index contributed by atoms with van der Waals surface area (Å²) in [4.78, 5) is 15.4. The number of aromatic nitrogens is 1. The van der Waals surface area contributed by atoms with Gasteiger partial charge in [-0.05, 0) is 43.9 Å². The standard InChI is InChI=1S/C15H18N2OS/c1-11(2)17(10-13-7-5-4-6-8-13)15(18)14-9-12(3)19-16-14/h4-9,11H,10H2,1-3H3. The second-order valence-electron chi connectivity index (χ2n) is 4.84. The Morgan fingerprint density at radius 1 is 1.32 bits per heavy atom. The van der Waals surface area contributed by atoms with E-state index in [0.29, 0.717) is 12.2 Å². The van der Waals surface area contributed by atoms with E-state index in [1.54, 1.807) is 0 Å². The first-order chi connectivity index (χ1) is 9.08. The average molecular weight is 274 g/mol. The maximum atomic E-state index is 12.5. The highest BCUT2D eigenvalue weighted by molar-refractivity contribution is 7.05. The number of hydrogen-bond donors (Lipinski definition) is 0. The summed E-state index contributed by atoms with van der Waals surface area (Å²) in [6.07, 6.45) is 0. The average Bonchev–Trinajstić information content (AvgIpc) is 2.83. The number of carbonyl (C=O) groups excluding carboxylic acids is 1. The van der Waals surface area contributed by atoms with Crippen LogP contribution in [0.25, 0.3) is 0 Å². The van der Waals surface area contributed by atoms with E-state index >= 15 is 0 Å². The first-order valence-electron chi connectivity index (χ1n) is 6.36. The van der Waals surface area contributed by atoms with Crippen molar-refractivity contribution in [3.05, 3.63) is 52.5 Å². The Morgan fingerprint density at radius 3 is 2.53 bits per heavy atom. The molecular weight excluding hydrogens is 256 g/mol. The molecular formula is C15H18N2OS. The predicted octanol–water partition coefficient (Wildman–Crippen LogP) is 3.50. The lowest BCUT2D eigenvalue weighted by molar-refractivity contribution is 0.0685. The molecule has 1 amide bonds. The molecule has 19 heavy (non-hydrogen) atoms. The Labute approximate surface area is 118 Å². The summed E-state index contributed by atoms with van der Waals surface area (Å²) in [6, 6.07) is 12.0. The van der Waals surface area contributed by atoms with Crippen molar-refractivity contribution in [3.63, 3.8) is 0 Å². The van der Waals surface area contributed by atoms with Crippen LogP contribution >= 0.6 is 11.5 Å². The van der Waals surface area contributed by atoms with Crippen LogP contribution in [0.1, 0.15) is 34.8 Å². The zero-order valence-electron chi connectivity index (χ0n) is 11.5. The molecule has 0 fully saturated rings. The molecule has 0 aliphatic rings. The van der Waals surface area contributed by atoms with Gasteiger partial charge in [0, 0.05) is 17.5 Å². The first kappa shape index (κ1) is 13.7. The van der Waals surface area contributed by atoms with E-state index in [4.69, 9.17) is 0 Å². The number of nitrogens with zero attached hydrogens (tertiary/aromatic N) is 2. The maximum absolute atomic E-state index is 12.5. The molecule has 1 aromatic carbocycles. The second kappa shape index (κ2) is 5.97. The lowest BCUT2D eigenvalue weighted by Gasteiger charge is -2.26. The van der Waals surface area contributed by atoms with E-state index < -0.39 is 0 Å². The Morgan fingerprint density at radius 2 is 2.00 bits per heavy atom. The molecule has 4 heteroatoms. The van der Waals surface area contributed by atoms with Gasteiger partial charge in [0.1, 0.15) is 5.69 Å². The molecule has 100 valence electrons. The molecule has 0 aliphatic carbocycles. The largest absolute Gasteiger partial charge is 0.331 e. The predicted molar refractivity (Wildman–Crippen MR) is 78.3 cm³/mol. The van der Waals surface area contributed by atoms with E-state index in [1.165, 1.54) is 11.5 Å². The van der Waals surface area contributed by atoms with Gasteiger partial charge in [-0.25, -0.2) is 0 Å². The number of rotatable bonds is 4. The molecule has 0 atom stereocenters. The second-order valence-corrected chi connectivity index (χ2v) is 5.84. The summed E-state index contributed by atoms with van der Waals surface area (Å²) in [5.41, 5.74) is 1.68. The topological polar surface area (TPSA) is 33.2 Å². The lowest BCUT2D eigenvalue weighted by Crippen LogP contribution is -2.36. The van der Waals surface area contributed by atoms with Crippen molar-refractivity contribution in [1.82, 2.24) is 9.27 Å². The number of amides is 1. The summed E-state index contributed by atoms with van der Waals surface area (Å²) < 4.78 is 4.21. The van der Waals surface area contributed by atoms with E-state index in [1.807, 2.05) is 62.1 Å². The van der Waals surface area contributed by atoms with Gasteiger partial charge in [-0.15, -0.1) is 0 Å². The summed E-state index contributed by atoms with van der Waals surface area (Å²) >= 11 is 1.37. The van der Waals surface area contributed by atoms with Crippen molar-refractivity contribution in [2.45, 2.75) is 33.4 Å². The number of carbonyl (C=O) groups is 1. The van der Waals surface area contributed by atoms with Crippen LogP contribution in [0.4, 0.5) is 0 Å². The normalized spacial score (nSPS) is 10.7. The highest BCUT2D eigenvalue weighted by Crippen LogP contribution is 2.15. The minimum absolute atomic E-state index is 0.00297. The highest BCUT2D eigenvalue weighted by atomic mass is 32.1. The van der Waals surface area contributed by atoms with Crippen LogP contribution in [0.15, 0.2) is 36.4 Å². The third-order valence-corrected chi connectivity index (χ3v) is 3.62. The monoisotopic (exact) mass is 274 g/mol. The van der Waals surface area contributed by atoms with Crippen LogP contribution in [0.3, 0.4) is 0 Å². The molecule has 0 bridgehead atoms. The van der Waals surface area contributed by atoms with Crippen LogP contribution in [0.5, 0.6) is 0 Å². The first-order valence-corrected chi connectivity index (χ1v) is 7.13. The van der Waals surface area contributed by atoms with Gasteiger partial charge in [0.05, 0.1) is 0 Å². The SMILES string of the molecule is Cc1cc(C(=O)N(Cc2ccccc2)C(C)C)ns1. The molecule has 1 heterocycles. The van der Waals surface area contributed by atoms with Gasteiger partial charge in [0.15, 0.2) is 0 Å². The molecule has 0 unspecified atom stereocenters. The lowest BCUT2D eigenvalue weighted by atomic mass is 10.1. The van der Waals surface area contributed by atoms with Crippen molar-refractivity contribution in [3.8, 4) is 0 Å². The molecule has 0 N–H and O–H groups in total. The van der Waals surface area contributed by atoms with Crippen molar-refractivity contribution >= 4 is 17.4 Å². The summed E-state index contributed by atoms with van der Waals surface area (Å²) in [5.74, 6) is 0.00297. The van der Waals surface area contributed by atoms with Crippen molar-refractivity contribution < 1.29 is 4.79 Å². The zero-order chi connectivity index (χ0) is 13.8. The quantitative estimate of drug-likeness (QED) is 0.855.